The van der Waals surface area contributed by atoms with Gasteiger partial charge in [0.25, 0.3) is 0 Å². The summed E-state index contributed by atoms with van der Waals surface area (Å²) in [5, 5.41) is 0.342. The average Bonchev–Trinajstić information content (AvgIpc) is 2.90. The number of ether oxygens (including phenoxy) is 2. The van der Waals surface area contributed by atoms with Crippen LogP contribution in [0.15, 0.2) is 36.4 Å². The standard InChI is InChI=1S/C17H13ClF5NO2/c18-15-6-13(25-16(19)20)5-11-8-24(9-14(11)15)7-10-1-3-12(4-2-10)26-17(21,22)23/h1-6,16H,7-9H2. The zero-order chi connectivity index (χ0) is 18.9. The van der Waals surface area contributed by atoms with Gasteiger partial charge in [-0.25, -0.2) is 0 Å². The van der Waals surface area contributed by atoms with Crippen LogP contribution in [0.1, 0.15) is 16.7 Å². The van der Waals surface area contributed by atoms with E-state index in [4.69, 9.17) is 11.6 Å². The molecule has 0 aliphatic carbocycles. The zero-order valence-electron chi connectivity index (χ0n) is 13.2. The third kappa shape index (κ3) is 4.76. The monoisotopic (exact) mass is 393 g/mol. The molecule has 0 saturated heterocycles. The number of alkyl halides is 5. The number of fused-ring (bicyclic) bond motifs is 1. The molecular weight excluding hydrogens is 381 g/mol. The Bertz CT molecular complexity index is 780. The normalized spacial score (nSPS) is 14.6. The smallest absolute Gasteiger partial charge is 0.435 e. The fraction of sp³-hybridized carbons (Fsp3) is 0.294. The predicted octanol–water partition coefficient (Wildman–Crippen LogP) is 5.36. The lowest BCUT2D eigenvalue weighted by atomic mass is 10.1. The summed E-state index contributed by atoms with van der Waals surface area (Å²) in [5.41, 5.74) is 2.39. The van der Waals surface area contributed by atoms with Gasteiger partial charge in [0.15, 0.2) is 0 Å². The van der Waals surface area contributed by atoms with Gasteiger partial charge in [0.2, 0.25) is 0 Å². The van der Waals surface area contributed by atoms with Crippen molar-refractivity contribution < 1.29 is 31.4 Å². The van der Waals surface area contributed by atoms with Gasteiger partial charge in [-0.15, -0.1) is 13.2 Å². The largest absolute Gasteiger partial charge is 0.573 e. The number of hydrogen-bond donors (Lipinski definition) is 0. The Morgan fingerprint density at radius 1 is 1.04 bits per heavy atom. The van der Waals surface area contributed by atoms with Crippen LogP contribution >= 0.6 is 11.6 Å². The molecule has 3 rings (SSSR count). The van der Waals surface area contributed by atoms with Crippen LogP contribution in [0.2, 0.25) is 5.02 Å². The molecule has 0 fully saturated rings. The molecule has 0 atom stereocenters. The molecule has 2 aromatic carbocycles. The Morgan fingerprint density at radius 2 is 1.73 bits per heavy atom. The van der Waals surface area contributed by atoms with Crippen molar-refractivity contribution in [3.05, 3.63) is 58.1 Å². The molecule has 1 heterocycles. The van der Waals surface area contributed by atoms with Gasteiger partial charge in [-0.05, 0) is 41.0 Å². The van der Waals surface area contributed by atoms with E-state index in [2.05, 4.69) is 9.47 Å². The number of hydrogen-bond acceptors (Lipinski definition) is 3. The molecule has 0 N–H and O–H groups in total. The second-order valence-corrected chi connectivity index (χ2v) is 6.17. The van der Waals surface area contributed by atoms with Crippen molar-refractivity contribution in [2.75, 3.05) is 0 Å². The van der Waals surface area contributed by atoms with Gasteiger partial charge in [-0.2, -0.15) is 8.78 Å². The lowest BCUT2D eigenvalue weighted by molar-refractivity contribution is -0.274. The molecule has 0 bridgehead atoms. The van der Waals surface area contributed by atoms with Crippen molar-refractivity contribution in [2.45, 2.75) is 32.6 Å². The first-order chi connectivity index (χ1) is 12.2. The lowest BCUT2D eigenvalue weighted by Crippen LogP contribution is -2.17. The van der Waals surface area contributed by atoms with Gasteiger partial charge >= 0.3 is 13.0 Å². The number of rotatable bonds is 5. The van der Waals surface area contributed by atoms with Gasteiger partial charge in [-0.3, -0.25) is 4.90 Å². The van der Waals surface area contributed by atoms with E-state index < -0.39 is 13.0 Å². The molecule has 2 aromatic rings. The maximum atomic E-state index is 12.3. The van der Waals surface area contributed by atoms with E-state index in [9.17, 15) is 22.0 Å². The van der Waals surface area contributed by atoms with E-state index in [0.29, 0.717) is 24.7 Å². The summed E-state index contributed by atoms with van der Waals surface area (Å²) < 4.78 is 69.4. The Hall–Kier alpha value is -2.06. The van der Waals surface area contributed by atoms with Crippen molar-refractivity contribution in [1.82, 2.24) is 4.90 Å². The van der Waals surface area contributed by atoms with Crippen LogP contribution in [0.3, 0.4) is 0 Å². The molecule has 1 aliphatic rings. The van der Waals surface area contributed by atoms with Gasteiger partial charge in [0.05, 0.1) is 0 Å². The third-order valence-corrected chi connectivity index (χ3v) is 4.16. The molecule has 0 amide bonds. The summed E-state index contributed by atoms with van der Waals surface area (Å²) in [6.45, 7) is -1.50. The minimum Gasteiger partial charge on any atom is -0.435 e. The fourth-order valence-corrected chi connectivity index (χ4v) is 3.13. The molecule has 3 nitrogen and oxygen atoms in total. The van der Waals surface area contributed by atoms with Crippen molar-refractivity contribution in [3.8, 4) is 11.5 Å². The molecular formula is C17H13ClF5NO2. The topological polar surface area (TPSA) is 21.7 Å². The molecule has 140 valence electrons. The van der Waals surface area contributed by atoms with Gasteiger partial charge < -0.3 is 9.47 Å². The highest BCUT2D eigenvalue weighted by Gasteiger charge is 2.31. The summed E-state index contributed by atoms with van der Waals surface area (Å²) in [7, 11) is 0. The van der Waals surface area contributed by atoms with E-state index in [0.717, 1.165) is 16.7 Å². The van der Waals surface area contributed by atoms with E-state index in [1.807, 2.05) is 4.90 Å². The highest BCUT2D eigenvalue weighted by atomic mass is 35.5. The second-order valence-electron chi connectivity index (χ2n) is 5.76. The van der Waals surface area contributed by atoms with Crippen LogP contribution in [0.25, 0.3) is 0 Å². The Morgan fingerprint density at radius 3 is 2.35 bits per heavy atom. The summed E-state index contributed by atoms with van der Waals surface area (Å²) in [4.78, 5) is 1.99. The molecule has 0 radical (unpaired) electrons. The van der Waals surface area contributed by atoms with Crippen molar-refractivity contribution in [3.63, 3.8) is 0 Å². The third-order valence-electron chi connectivity index (χ3n) is 3.83. The maximum Gasteiger partial charge on any atom is 0.573 e. The van der Waals surface area contributed by atoms with E-state index in [1.54, 1.807) is 0 Å². The van der Waals surface area contributed by atoms with Crippen LogP contribution in [0.4, 0.5) is 22.0 Å². The van der Waals surface area contributed by atoms with Crippen LogP contribution < -0.4 is 9.47 Å². The fourth-order valence-electron chi connectivity index (χ4n) is 2.84. The van der Waals surface area contributed by atoms with Crippen molar-refractivity contribution in [2.24, 2.45) is 0 Å². The first-order valence-corrected chi connectivity index (χ1v) is 7.90. The summed E-state index contributed by atoms with van der Waals surface area (Å²) in [5.74, 6) is -0.290. The van der Waals surface area contributed by atoms with Gasteiger partial charge in [-0.1, -0.05) is 23.7 Å². The SMILES string of the molecule is FC(F)Oc1cc(Cl)c2c(c1)CN(Cc1ccc(OC(F)(F)F)cc1)C2. The van der Waals surface area contributed by atoms with E-state index in [1.165, 1.54) is 36.4 Å². The highest BCUT2D eigenvalue weighted by molar-refractivity contribution is 6.31. The second kappa shape index (κ2) is 7.28. The average molecular weight is 394 g/mol. The number of nitrogens with zero attached hydrogens (tertiary/aromatic N) is 1. The van der Waals surface area contributed by atoms with Gasteiger partial charge in [0, 0.05) is 24.7 Å². The van der Waals surface area contributed by atoms with Crippen LogP contribution in [0.5, 0.6) is 11.5 Å². The minimum atomic E-state index is -4.73. The Labute approximate surface area is 150 Å². The molecule has 9 heteroatoms. The molecule has 0 saturated carbocycles. The maximum absolute atomic E-state index is 12.3. The number of halogens is 6. The zero-order valence-corrected chi connectivity index (χ0v) is 14.0. The van der Waals surface area contributed by atoms with Crippen LogP contribution in [-0.4, -0.2) is 17.9 Å². The lowest BCUT2D eigenvalue weighted by Gasteiger charge is -2.15. The Balaban J connectivity index is 1.66. The quantitative estimate of drug-likeness (QED) is 0.639. The summed E-state index contributed by atoms with van der Waals surface area (Å²) in [6.07, 6.45) is -4.73. The predicted molar refractivity (Wildman–Crippen MR) is 84.2 cm³/mol. The van der Waals surface area contributed by atoms with E-state index in [-0.39, 0.29) is 11.5 Å². The Kier molecular flexibility index (Phi) is 5.24. The number of benzene rings is 2. The van der Waals surface area contributed by atoms with Crippen molar-refractivity contribution in [1.29, 1.82) is 0 Å². The van der Waals surface area contributed by atoms with Gasteiger partial charge in [0.1, 0.15) is 11.5 Å². The minimum absolute atomic E-state index is 0.000692. The molecule has 0 unspecified atom stereocenters. The highest BCUT2D eigenvalue weighted by Crippen LogP contribution is 2.34. The summed E-state index contributed by atoms with van der Waals surface area (Å²) in [6, 6.07) is 8.43. The molecule has 0 spiro atoms. The van der Waals surface area contributed by atoms with E-state index >= 15 is 0 Å². The van der Waals surface area contributed by atoms with Crippen LogP contribution in [-0.2, 0) is 19.6 Å². The molecule has 0 aromatic heterocycles. The van der Waals surface area contributed by atoms with Crippen molar-refractivity contribution >= 4 is 11.6 Å². The first kappa shape index (κ1) is 18.7. The first-order valence-electron chi connectivity index (χ1n) is 7.53. The molecule has 1 aliphatic heterocycles. The van der Waals surface area contributed by atoms with Crippen LogP contribution in [0, 0.1) is 0 Å². The molecule has 26 heavy (non-hydrogen) atoms. The summed E-state index contributed by atoms with van der Waals surface area (Å²) >= 11 is 6.13.